The Labute approximate surface area is 189 Å². The number of rotatable bonds is 3. The molecule has 5 atom stereocenters. The standard InChI is InChI=1S/C24H27FN2O2S2/c25-17-8-6-14(7-9-17)19-20-15-4-5-16(12-15)21(20)30-23-22(19)31-24(29)27(23)13-18(28)26-10-2-1-3-11-26/h6-9,15-16,19-21H,1-5,10-13H2/t15?,16?,19-,20?,21?/m1/s1. The molecule has 4 aliphatic rings. The van der Waals surface area contributed by atoms with Crippen molar-refractivity contribution in [3.05, 3.63) is 50.2 Å². The van der Waals surface area contributed by atoms with Gasteiger partial charge in [0.1, 0.15) is 12.4 Å². The fraction of sp³-hybridized carbons (Fsp3) is 0.583. The molecule has 0 radical (unpaired) electrons. The number of aromatic nitrogens is 1. The number of hydrogen-bond donors (Lipinski definition) is 0. The maximum Gasteiger partial charge on any atom is 0.308 e. The molecule has 1 amide bonds. The second-order valence-electron chi connectivity index (χ2n) is 9.59. The number of carbonyl (C=O) groups is 1. The summed E-state index contributed by atoms with van der Waals surface area (Å²) < 4.78 is 15.4. The van der Waals surface area contributed by atoms with Gasteiger partial charge in [0.15, 0.2) is 0 Å². The molecule has 3 fully saturated rings. The maximum absolute atomic E-state index is 13.7. The lowest BCUT2D eigenvalue weighted by molar-refractivity contribution is -0.132. The first-order valence-corrected chi connectivity index (χ1v) is 13.2. The molecule has 2 aliphatic carbocycles. The third-order valence-electron chi connectivity index (χ3n) is 7.92. The predicted octanol–water partition coefficient (Wildman–Crippen LogP) is 4.71. The van der Waals surface area contributed by atoms with E-state index in [0.29, 0.717) is 23.0 Å². The van der Waals surface area contributed by atoms with Crippen LogP contribution >= 0.6 is 23.1 Å². The minimum Gasteiger partial charge on any atom is -0.341 e. The highest BCUT2D eigenvalue weighted by Crippen LogP contribution is 2.64. The van der Waals surface area contributed by atoms with E-state index in [-0.39, 0.29) is 29.1 Å². The van der Waals surface area contributed by atoms with Gasteiger partial charge >= 0.3 is 4.87 Å². The van der Waals surface area contributed by atoms with Crippen LogP contribution in [0.5, 0.6) is 0 Å². The number of thioether (sulfide) groups is 1. The normalized spacial score (nSPS) is 31.5. The average molecular weight is 459 g/mol. The lowest BCUT2D eigenvalue weighted by atomic mass is 9.75. The Morgan fingerprint density at radius 1 is 1.06 bits per heavy atom. The second-order valence-corrected chi connectivity index (χ2v) is 11.7. The Morgan fingerprint density at radius 2 is 1.81 bits per heavy atom. The second kappa shape index (κ2) is 7.77. The highest BCUT2D eigenvalue weighted by molar-refractivity contribution is 8.00. The number of piperidine rings is 1. The average Bonchev–Trinajstić information content (AvgIpc) is 3.48. The largest absolute Gasteiger partial charge is 0.341 e. The molecule has 2 saturated carbocycles. The minimum absolute atomic E-state index is 0.0257. The third kappa shape index (κ3) is 3.30. The Morgan fingerprint density at radius 3 is 2.58 bits per heavy atom. The zero-order valence-corrected chi connectivity index (χ0v) is 19.1. The van der Waals surface area contributed by atoms with Gasteiger partial charge in [0.2, 0.25) is 5.91 Å². The van der Waals surface area contributed by atoms with Crippen LogP contribution in [0, 0.1) is 23.6 Å². The molecule has 1 aromatic carbocycles. The van der Waals surface area contributed by atoms with Gasteiger partial charge in [0, 0.05) is 29.1 Å². The fourth-order valence-corrected chi connectivity index (χ4v) is 9.66. The van der Waals surface area contributed by atoms with Crippen LogP contribution in [-0.4, -0.2) is 33.7 Å². The summed E-state index contributed by atoms with van der Waals surface area (Å²) >= 11 is 3.17. The third-order valence-corrected chi connectivity index (χ3v) is 10.7. The molecule has 31 heavy (non-hydrogen) atoms. The Kier molecular flexibility index (Phi) is 5.02. The van der Waals surface area contributed by atoms with Crippen LogP contribution in [0.25, 0.3) is 0 Å². The summed E-state index contributed by atoms with van der Waals surface area (Å²) in [6.45, 7) is 1.76. The number of nitrogens with zero attached hydrogens (tertiary/aromatic N) is 2. The number of benzene rings is 1. The van der Waals surface area contributed by atoms with Crippen LogP contribution in [0.4, 0.5) is 4.39 Å². The van der Waals surface area contributed by atoms with Crippen LogP contribution in [-0.2, 0) is 11.3 Å². The smallest absolute Gasteiger partial charge is 0.308 e. The first-order chi connectivity index (χ1) is 15.1. The van der Waals surface area contributed by atoms with Crippen molar-refractivity contribution < 1.29 is 9.18 Å². The van der Waals surface area contributed by atoms with Crippen molar-refractivity contribution in [3.63, 3.8) is 0 Å². The fourth-order valence-electron chi connectivity index (χ4n) is 6.51. The highest BCUT2D eigenvalue weighted by atomic mass is 32.2. The van der Waals surface area contributed by atoms with Crippen molar-refractivity contribution in [1.82, 2.24) is 9.47 Å². The topological polar surface area (TPSA) is 42.3 Å². The molecule has 6 rings (SSSR count). The molecule has 1 aromatic heterocycles. The predicted molar refractivity (Wildman–Crippen MR) is 121 cm³/mol. The van der Waals surface area contributed by atoms with Crippen LogP contribution < -0.4 is 4.87 Å². The molecule has 1 saturated heterocycles. The van der Waals surface area contributed by atoms with Gasteiger partial charge in [-0.2, -0.15) is 0 Å². The summed E-state index contributed by atoms with van der Waals surface area (Å²) in [5.74, 6) is 1.86. The quantitative estimate of drug-likeness (QED) is 0.669. The molecule has 7 heteroatoms. The zero-order chi connectivity index (χ0) is 21.1. The van der Waals surface area contributed by atoms with Crippen LogP contribution in [0.2, 0.25) is 0 Å². The highest BCUT2D eigenvalue weighted by Gasteiger charge is 2.55. The number of likely N-dealkylation sites (tertiary alicyclic amines) is 1. The van der Waals surface area contributed by atoms with Gasteiger partial charge in [-0.25, -0.2) is 4.39 Å². The molecule has 4 nitrogen and oxygen atoms in total. The van der Waals surface area contributed by atoms with Crippen molar-refractivity contribution in [2.75, 3.05) is 13.1 Å². The number of hydrogen-bond acceptors (Lipinski definition) is 4. The molecule has 2 aliphatic heterocycles. The van der Waals surface area contributed by atoms with Gasteiger partial charge in [0.05, 0.1) is 5.03 Å². The van der Waals surface area contributed by atoms with E-state index in [9.17, 15) is 14.0 Å². The molecule has 2 bridgehead atoms. The van der Waals surface area contributed by atoms with Crippen molar-refractivity contribution in [2.45, 2.75) is 61.3 Å². The summed E-state index contributed by atoms with van der Waals surface area (Å²) in [6.07, 6.45) is 7.09. The summed E-state index contributed by atoms with van der Waals surface area (Å²) in [6, 6.07) is 6.88. The molecule has 4 unspecified atom stereocenters. The van der Waals surface area contributed by atoms with Crippen LogP contribution in [0.1, 0.15) is 54.9 Å². The van der Waals surface area contributed by atoms with Crippen molar-refractivity contribution >= 4 is 29.0 Å². The maximum atomic E-state index is 13.7. The van der Waals surface area contributed by atoms with E-state index in [1.54, 1.807) is 16.7 Å². The Hall–Kier alpha value is -1.60. The SMILES string of the molecule is O=C(Cn1c2c(sc1=O)[C@H](c1ccc(F)cc1)C1C3CCC(C3)C1S2)N1CCCCC1. The van der Waals surface area contributed by atoms with Gasteiger partial charge < -0.3 is 4.90 Å². The number of carbonyl (C=O) groups excluding carboxylic acids is 1. The van der Waals surface area contributed by atoms with Gasteiger partial charge in [-0.3, -0.25) is 14.2 Å². The van der Waals surface area contributed by atoms with Crippen molar-refractivity contribution in [2.24, 2.45) is 17.8 Å². The molecular formula is C24H27FN2O2S2. The molecule has 0 N–H and O–H groups in total. The van der Waals surface area contributed by atoms with E-state index in [0.717, 1.165) is 41.4 Å². The lowest BCUT2D eigenvalue weighted by Gasteiger charge is -2.40. The minimum atomic E-state index is -0.225. The summed E-state index contributed by atoms with van der Waals surface area (Å²) in [4.78, 5) is 29.1. The molecular weight excluding hydrogens is 431 g/mol. The van der Waals surface area contributed by atoms with Crippen molar-refractivity contribution in [3.8, 4) is 0 Å². The number of thiazole rings is 1. The van der Waals surface area contributed by atoms with Gasteiger partial charge in [-0.05, 0) is 74.0 Å². The first kappa shape index (κ1) is 20.0. The van der Waals surface area contributed by atoms with E-state index in [1.165, 1.54) is 37.0 Å². The number of fused-ring (bicyclic) bond motifs is 6. The summed E-state index contributed by atoms with van der Waals surface area (Å²) in [5, 5.41) is 1.50. The van der Waals surface area contributed by atoms with E-state index in [1.807, 2.05) is 28.8 Å². The van der Waals surface area contributed by atoms with E-state index >= 15 is 0 Å². The molecule has 164 valence electrons. The first-order valence-electron chi connectivity index (χ1n) is 11.5. The van der Waals surface area contributed by atoms with Crippen LogP contribution in [0.15, 0.2) is 34.1 Å². The molecule has 0 spiro atoms. The number of amides is 1. The Bertz CT molecular complexity index is 1060. The van der Waals surface area contributed by atoms with Gasteiger partial charge in [-0.1, -0.05) is 23.5 Å². The lowest BCUT2D eigenvalue weighted by Crippen LogP contribution is -2.39. The Balaban J connectivity index is 1.40. The number of halogens is 1. The monoisotopic (exact) mass is 458 g/mol. The molecule has 3 heterocycles. The van der Waals surface area contributed by atoms with Crippen LogP contribution in [0.3, 0.4) is 0 Å². The van der Waals surface area contributed by atoms with E-state index in [4.69, 9.17) is 0 Å². The van der Waals surface area contributed by atoms with E-state index in [2.05, 4.69) is 0 Å². The van der Waals surface area contributed by atoms with Gasteiger partial charge in [-0.15, -0.1) is 11.8 Å². The van der Waals surface area contributed by atoms with Crippen molar-refractivity contribution in [1.29, 1.82) is 0 Å². The summed E-state index contributed by atoms with van der Waals surface area (Å²) in [5.41, 5.74) is 1.11. The zero-order valence-electron chi connectivity index (χ0n) is 17.5. The summed E-state index contributed by atoms with van der Waals surface area (Å²) in [7, 11) is 0. The van der Waals surface area contributed by atoms with Gasteiger partial charge in [0.25, 0.3) is 0 Å². The van der Waals surface area contributed by atoms with E-state index < -0.39 is 0 Å². The molecule has 2 aromatic rings.